The Morgan fingerprint density at radius 3 is 1.85 bits per heavy atom. The molecule has 0 spiro atoms. The fourth-order valence-electron chi connectivity index (χ4n) is 2.53. The van der Waals surface area contributed by atoms with Crippen LogP contribution in [-0.2, 0) is 0 Å². The molecular formula is C13H26. The van der Waals surface area contributed by atoms with E-state index in [1.54, 1.807) is 0 Å². The van der Waals surface area contributed by atoms with Crippen LogP contribution in [0.2, 0.25) is 0 Å². The van der Waals surface area contributed by atoms with Gasteiger partial charge in [-0.1, -0.05) is 53.4 Å². The van der Waals surface area contributed by atoms with Crippen molar-refractivity contribution in [3.63, 3.8) is 0 Å². The van der Waals surface area contributed by atoms with E-state index in [0.29, 0.717) is 0 Å². The van der Waals surface area contributed by atoms with Crippen molar-refractivity contribution in [2.75, 3.05) is 0 Å². The molecule has 0 heteroatoms. The van der Waals surface area contributed by atoms with E-state index in [2.05, 4.69) is 27.7 Å². The molecule has 0 radical (unpaired) electrons. The Bertz CT molecular complexity index is 139. The van der Waals surface area contributed by atoms with E-state index < -0.39 is 0 Å². The van der Waals surface area contributed by atoms with Gasteiger partial charge in [-0.2, -0.15) is 0 Å². The lowest BCUT2D eigenvalue weighted by molar-refractivity contribution is 0.301. The third-order valence-electron chi connectivity index (χ3n) is 4.01. The van der Waals surface area contributed by atoms with Gasteiger partial charge in [0.2, 0.25) is 0 Å². The Balaban J connectivity index is 2.48. The smallest absolute Gasteiger partial charge is 0.0414 e. The Labute approximate surface area is 84.1 Å². The topological polar surface area (TPSA) is 0 Å². The molecule has 0 N–H and O–H groups in total. The van der Waals surface area contributed by atoms with Crippen LogP contribution in [-0.4, -0.2) is 0 Å². The fourth-order valence-corrected chi connectivity index (χ4v) is 2.53. The van der Waals surface area contributed by atoms with Crippen LogP contribution in [0.4, 0.5) is 0 Å². The lowest BCUT2D eigenvalue weighted by atomic mass is 9.85. The SMILES string of the molecule is CC1CCC(C)CC(C)C(C)CC1. The minimum Gasteiger partial charge on any atom is -0.0625 e. The molecule has 0 nitrogen and oxygen atoms in total. The lowest BCUT2D eigenvalue weighted by Crippen LogP contribution is -2.10. The zero-order chi connectivity index (χ0) is 9.84. The molecule has 1 aliphatic rings. The Kier molecular flexibility index (Phi) is 4.28. The molecule has 0 aromatic rings. The van der Waals surface area contributed by atoms with Crippen LogP contribution in [0.5, 0.6) is 0 Å². The van der Waals surface area contributed by atoms with Crippen molar-refractivity contribution in [3.05, 3.63) is 0 Å². The molecule has 0 saturated heterocycles. The third-order valence-corrected chi connectivity index (χ3v) is 4.01. The van der Waals surface area contributed by atoms with Gasteiger partial charge >= 0.3 is 0 Å². The van der Waals surface area contributed by atoms with Crippen molar-refractivity contribution >= 4 is 0 Å². The minimum atomic E-state index is 0.945. The van der Waals surface area contributed by atoms with Gasteiger partial charge in [-0.3, -0.25) is 0 Å². The van der Waals surface area contributed by atoms with Gasteiger partial charge in [0.1, 0.15) is 0 Å². The molecule has 0 heterocycles. The minimum absolute atomic E-state index is 0.945. The van der Waals surface area contributed by atoms with Crippen LogP contribution in [0.1, 0.15) is 59.8 Å². The van der Waals surface area contributed by atoms with Gasteiger partial charge in [0.25, 0.3) is 0 Å². The highest BCUT2D eigenvalue weighted by Crippen LogP contribution is 2.31. The monoisotopic (exact) mass is 182 g/mol. The average Bonchev–Trinajstić information content (AvgIpc) is 2.13. The second kappa shape index (κ2) is 5.02. The summed E-state index contributed by atoms with van der Waals surface area (Å²) in [6, 6.07) is 0. The first-order valence-corrected chi connectivity index (χ1v) is 6.09. The van der Waals surface area contributed by atoms with Crippen LogP contribution in [0.3, 0.4) is 0 Å². The molecule has 78 valence electrons. The summed E-state index contributed by atoms with van der Waals surface area (Å²) in [6.07, 6.45) is 7.28. The van der Waals surface area contributed by atoms with Gasteiger partial charge in [-0.05, 0) is 30.1 Å². The van der Waals surface area contributed by atoms with E-state index in [4.69, 9.17) is 0 Å². The summed E-state index contributed by atoms with van der Waals surface area (Å²) in [7, 11) is 0. The zero-order valence-corrected chi connectivity index (χ0v) is 9.84. The van der Waals surface area contributed by atoms with Crippen molar-refractivity contribution in [2.45, 2.75) is 59.8 Å². The molecule has 0 aromatic carbocycles. The summed E-state index contributed by atoms with van der Waals surface area (Å²) in [5, 5.41) is 0. The van der Waals surface area contributed by atoms with Crippen molar-refractivity contribution in [1.82, 2.24) is 0 Å². The number of rotatable bonds is 0. The van der Waals surface area contributed by atoms with E-state index in [-0.39, 0.29) is 0 Å². The molecule has 4 atom stereocenters. The quantitative estimate of drug-likeness (QED) is 0.517. The Morgan fingerprint density at radius 1 is 0.615 bits per heavy atom. The van der Waals surface area contributed by atoms with Gasteiger partial charge in [0.15, 0.2) is 0 Å². The van der Waals surface area contributed by atoms with Gasteiger partial charge in [0, 0.05) is 0 Å². The van der Waals surface area contributed by atoms with Crippen molar-refractivity contribution in [1.29, 1.82) is 0 Å². The first-order valence-electron chi connectivity index (χ1n) is 6.09. The van der Waals surface area contributed by atoms with E-state index >= 15 is 0 Å². The van der Waals surface area contributed by atoms with E-state index in [1.165, 1.54) is 32.1 Å². The maximum Gasteiger partial charge on any atom is -0.0414 e. The summed E-state index contributed by atoms with van der Waals surface area (Å²) in [5.41, 5.74) is 0. The molecule has 1 aliphatic carbocycles. The predicted octanol–water partition coefficient (Wildman–Crippen LogP) is 4.49. The summed E-state index contributed by atoms with van der Waals surface area (Å²) < 4.78 is 0. The molecule has 0 bridgehead atoms. The lowest BCUT2D eigenvalue weighted by Gasteiger charge is -2.21. The maximum absolute atomic E-state index is 2.44. The first-order chi connectivity index (χ1) is 6.09. The number of hydrogen-bond donors (Lipinski definition) is 0. The maximum atomic E-state index is 2.44. The zero-order valence-electron chi connectivity index (χ0n) is 9.84. The third kappa shape index (κ3) is 3.70. The summed E-state index contributed by atoms with van der Waals surface area (Å²) in [6.45, 7) is 9.74. The van der Waals surface area contributed by atoms with Gasteiger partial charge < -0.3 is 0 Å². The standard InChI is InChI=1S/C13H26/c1-10-5-6-11(2)9-13(4)12(3)8-7-10/h10-13H,5-9H2,1-4H3. The second-order valence-electron chi connectivity index (χ2n) is 5.56. The average molecular weight is 182 g/mol. The molecule has 0 aliphatic heterocycles. The van der Waals surface area contributed by atoms with Crippen LogP contribution in [0.25, 0.3) is 0 Å². The summed E-state index contributed by atoms with van der Waals surface area (Å²) in [4.78, 5) is 0. The van der Waals surface area contributed by atoms with Crippen molar-refractivity contribution in [2.24, 2.45) is 23.7 Å². The van der Waals surface area contributed by atoms with Crippen LogP contribution >= 0.6 is 0 Å². The molecule has 13 heavy (non-hydrogen) atoms. The van der Waals surface area contributed by atoms with Crippen molar-refractivity contribution < 1.29 is 0 Å². The van der Waals surface area contributed by atoms with Gasteiger partial charge in [0.05, 0.1) is 0 Å². The van der Waals surface area contributed by atoms with Gasteiger partial charge in [-0.15, -0.1) is 0 Å². The molecular weight excluding hydrogens is 156 g/mol. The molecule has 0 aromatic heterocycles. The van der Waals surface area contributed by atoms with E-state index in [9.17, 15) is 0 Å². The summed E-state index contributed by atoms with van der Waals surface area (Å²) >= 11 is 0. The molecule has 4 unspecified atom stereocenters. The Morgan fingerprint density at radius 2 is 1.15 bits per heavy atom. The van der Waals surface area contributed by atoms with Crippen LogP contribution in [0.15, 0.2) is 0 Å². The molecule has 0 amide bonds. The summed E-state index contributed by atoms with van der Waals surface area (Å²) in [5.74, 6) is 3.82. The van der Waals surface area contributed by atoms with E-state index in [0.717, 1.165) is 23.7 Å². The first kappa shape index (κ1) is 11.1. The molecule has 1 rings (SSSR count). The van der Waals surface area contributed by atoms with Crippen molar-refractivity contribution in [3.8, 4) is 0 Å². The highest BCUT2D eigenvalue weighted by molar-refractivity contribution is 4.70. The van der Waals surface area contributed by atoms with Gasteiger partial charge in [-0.25, -0.2) is 0 Å². The predicted molar refractivity (Wildman–Crippen MR) is 59.7 cm³/mol. The number of hydrogen-bond acceptors (Lipinski definition) is 0. The van der Waals surface area contributed by atoms with Crippen LogP contribution < -0.4 is 0 Å². The fraction of sp³-hybridized carbons (Fsp3) is 1.00. The van der Waals surface area contributed by atoms with E-state index in [1.807, 2.05) is 0 Å². The second-order valence-corrected chi connectivity index (χ2v) is 5.56. The molecule has 1 fully saturated rings. The highest BCUT2D eigenvalue weighted by atomic mass is 14.2. The molecule has 1 saturated carbocycles. The Hall–Kier alpha value is 0. The van der Waals surface area contributed by atoms with Crippen LogP contribution in [0, 0.1) is 23.7 Å². The largest absolute Gasteiger partial charge is 0.0625 e. The highest BCUT2D eigenvalue weighted by Gasteiger charge is 2.19. The normalized spacial score (nSPS) is 43.4.